The monoisotopic (exact) mass is 268 g/mol. The molecule has 0 bridgehead atoms. The number of hydrogen-bond acceptors (Lipinski definition) is 1. The van der Waals surface area contributed by atoms with Crippen molar-refractivity contribution >= 4 is 0 Å². The van der Waals surface area contributed by atoms with Gasteiger partial charge in [0.15, 0.2) is 18.2 Å². The molecule has 5 heteroatoms. The second-order valence-electron chi connectivity index (χ2n) is 2.84. The normalized spacial score (nSPS) is 9.61. The minimum Gasteiger partial charge on any atom is -0.481 e. The molecule has 0 unspecified atom stereocenters. The van der Waals surface area contributed by atoms with Gasteiger partial charge in [0.05, 0.1) is 0 Å². The van der Waals surface area contributed by atoms with Crippen molar-refractivity contribution in [3.05, 3.63) is 29.6 Å². The Morgan fingerprint density at radius 2 is 1.56 bits per heavy atom. The number of ether oxygens (including phenoxy) is 1. The van der Waals surface area contributed by atoms with Gasteiger partial charge < -0.3 is 4.74 Å². The topological polar surface area (TPSA) is 9.23 Å². The van der Waals surface area contributed by atoms with Gasteiger partial charge in [-0.15, -0.1) is 0 Å². The first-order chi connectivity index (χ1) is 8.38. The smallest absolute Gasteiger partial charge is 0.422 e. The fourth-order valence-corrected chi connectivity index (χ4v) is 0.883. The first-order valence-electron chi connectivity index (χ1n) is 5.84. The first kappa shape index (κ1) is 19.1. The molecule has 0 radical (unpaired) electrons. The molecule has 0 N–H and O–H groups in total. The molecule has 0 saturated heterocycles. The van der Waals surface area contributed by atoms with Gasteiger partial charge in [0.1, 0.15) is 0 Å². The third-order valence-electron chi connectivity index (χ3n) is 1.48. The van der Waals surface area contributed by atoms with Crippen LogP contribution in [0.5, 0.6) is 5.75 Å². The summed E-state index contributed by atoms with van der Waals surface area (Å²) < 4.78 is 52.3. The van der Waals surface area contributed by atoms with Crippen LogP contribution in [0.1, 0.15) is 33.3 Å². The van der Waals surface area contributed by atoms with Crippen molar-refractivity contribution in [3.63, 3.8) is 0 Å². The summed E-state index contributed by atoms with van der Waals surface area (Å²) in [5.41, 5.74) is 0.627. The van der Waals surface area contributed by atoms with Gasteiger partial charge in [-0.25, -0.2) is 4.39 Å². The Labute approximate surface area is 106 Å². The quantitative estimate of drug-likeness (QED) is 0.676. The number of rotatable bonds is 2. The third-order valence-corrected chi connectivity index (χ3v) is 1.48. The second-order valence-corrected chi connectivity index (χ2v) is 2.84. The summed E-state index contributed by atoms with van der Waals surface area (Å²) in [6.45, 7) is 8.16. The average molecular weight is 268 g/mol. The number of aryl methyl sites for hydroxylation is 1. The fourth-order valence-electron chi connectivity index (χ4n) is 0.883. The molecule has 1 aromatic rings. The van der Waals surface area contributed by atoms with Crippen LogP contribution in [0.15, 0.2) is 18.2 Å². The Morgan fingerprint density at radius 3 is 1.94 bits per heavy atom. The molecule has 1 rings (SSSR count). The van der Waals surface area contributed by atoms with Gasteiger partial charge in [0.2, 0.25) is 0 Å². The summed E-state index contributed by atoms with van der Waals surface area (Å²) in [5.74, 6) is -1.16. The molecule has 0 aromatic heterocycles. The van der Waals surface area contributed by atoms with Crippen LogP contribution in [0.2, 0.25) is 0 Å². The number of alkyl halides is 3. The Morgan fingerprint density at radius 1 is 1.06 bits per heavy atom. The maximum absolute atomic E-state index is 12.9. The van der Waals surface area contributed by atoms with E-state index >= 15 is 0 Å². The van der Waals surface area contributed by atoms with E-state index in [2.05, 4.69) is 4.74 Å². The standard InChI is InChI=1S/C9H8F4O.2C2H6/c1-6-2-3-8(7(10)4-6)14-5-9(11,12)13;2*1-2/h2-4H,5H2,1H3;2*1-2H3. The zero-order chi connectivity index (χ0) is 14.8. The van der Waals surface area contributed by atoms with Crippen LogP contribution in [0.4, 0.5) is 17.6 Å². The van der Waals surface area contributed by atoms with Gasteiger partial charge in [0.25, 0.3) is 0 Å². The Hall–Kier alpha value is -1.26. The molecule has 0 fully saturated rings. The van der Waals surface area contributed by atoms with Crippen molar-refractivity contribution in [3.8, 4) is 5.75 Å². The van der Waals surface area contributed by atoms with Crippen LogP contribution in [-0.2, 0) is 0 Å². The maximum atomic E-state index is 12.9. The Bertz CT molecular complexity index is 321. The number of hydrogen-bond donors (Lipinski definition) is 0. The molecule has 0 aliphatic carbocycles. The lowest BCUT2D eigenvalue weighted by Gasteiger charge is -2.09. The highest BCUT2D eigenvalue weighted by atomic mass is 19.4. The molecule has 0 amide bonds. The van der Waals surface area contributed by atoms with Crippen LogP contribution in [0.25, 0.3) is 0 Å². The zero-order valence-electron chi connectivity index (χ0n) is 11.4. The van der Waals surface area contributed by atoms with Gasteiger partial charge in [-0.3, -0.25) is 0 Å². The van der Waals surface area contributed by atoms with E-state index in [-0.39, 0.29) is 5.75 Å². The van der Waals surface area contributed by atoms with E-state index in [1.54, 1.807) is 6.92 Å². The summed E-state index contributed by atoms with van der Waals surface area (Å²) in [4.78, 5) is 0. The minimum atomic E-state index is -4.45. The predicted molar refractivity (Wildman–Crippen MR) is 65.4 cm³/mol. The van der Waals surface area contributed by atoms with Crippen molar-refractivity contribution in [2.24, 2.45) is 0 Å². The Balaban J connectivity index is 0. The van der Waals surface area contributed by atoms with Crippen LogP contribution in [-0.4, -0.2) is 12.8 Å². The summed E-state index contributed by atoms with van der Waals surface area (Å²) in [5, 5.41) is 0. The number of halogens is 4. The second kappa shape index (κ2) is 9.74. The Kier molecular flexibility index (Phi) is 10.3. The van der Waals surface area contributed by atoms with Crippen LogP contribution in [0.3, 0.4) is 0 Å². The van der Waals surface area contributed by atoms with Crippen molar-refractivity contribution in [2.75, 3.05) is 6.61 Å². The molecule has 18 heavy (non-hydrogen) atoms. The highest BCUT2D eigenvalue weighted by molar-refractivity contribution is 5.28. The van der Waals surface area contributed by atoms with E-state index in [0.29, 0.717) is 5.56 Å². The summed E-state index contributed by atoms with van der Waals surface area (Å²) >= 11 is 0. The molecular weight excluding hydrogens is 248 g/mol. The predicted octanol–water partition coefficient (Wildman–Crippen LogP) is 5.13. The zero-order valence-corrected chi connectivity index (χ0v) is 11.4. The van der Waals surface area contributed by atoms with E-state index < -0.39 is 18.6 Å². The molecule has 0 heterocycles. The SMILES string of the molecule is CC.CC.Cc1ccc(OCC(F)(F)F)c(F)c1. The van der Waals surface area contributed by atoms with E-state index in [1.807, 2.05) is 27.7 Å². The molecule has 106 valence electrons. The lowest BCUT2D eigenvalue weighted by molar-refractivity contribution is -0.153. The number of benzene rings is 1. The highest BCUT2D eigenvalue weighted by Crippen LogP contribution is 2.21. The summed E-state index contributed by atoms with van der Waals surface area (Å²) in [6, 6.07) is 3.77. The van der Waals surface area contributed by atoms with Gasteiger partial charge in [0, 0.05) is 0 Å². The maximum Gasteiger partial charge on any atom is 0.422 e. The van der Waals surface area contributed by atoms with Crippen molar-refractivity contribution < 1.29 is 22.3 Å². The van der Waals surface area contributed by atoms with Gasteiger partial charge >= 0.3 is 6.18 Å². The van der Waals surface area contributed by atoms with Crippen LogP contribution in [0, 0.1) is 12.7 Å². The summed E-state index contributed by atoms with van der Waals surface area (Å²) in [6.07, 6.45) is -4.45. The fraction of sp³-hybridized carbons (Fsp3) is 0.538. The minimum absolute atomic E-state index is 0.382. The molecule has 0 spiro atoms. The molecule has 0 atom stereocenters. The molecule has 0 saturated carbocycles. The van der Waals surface area contributed by atoms with Crippen LogP contribution >= 0.6 is 0 Å². The van der Waals surface area contributed by atoms with E-state index in [9.17, 15) is 17.6 Å². The molecule has 0 aliphatic heterocycles. The highest BCUT2D eigenvalue weighted by Gasteiger charge is 2.28. The molecule has 1 aromatic carbocycles. The van der Waals surface area contributed by atoms with E-state index in [4.69, 9.17) is 0 Å². The average Bonchev–Trinajstić information content (AvgIpc) is 2.32. The largest absolute Gasteiger partial charge is 0.481 e. The molecule has 1 nitrogen and oxygen atoms in total. The molecule has 0 aliphatic rings. The van der Waals surface area contributed by atoms with Crippen molar-refractivity contribution in [2.45, 2.75) is 40.8 Å². The van der Waals surface area contributed by atoms with Gasteiger partial charge in [-0.05, 0) is 24.6 Å². The van der Waals surface area contributed by atoms with Crippen LogP contribution < -0.4 is 4.74 Å². The van der Waals surface area contributed by atoms with Crippen molar-refractivity contribution in [1.82, 2.24) is 0 Å². The van der Waals surface area contributed by atoms with E-state index in [0.717, 1.165) is 6.07 Å². The third kappa shape index (κ3) is 8.84. The van der Waals surface area contributed by atoms with E-state index in [1.165, 1.54) is 12.1 Å². The summed E-state index contributed by atoms with van der Waals surface area (Å²) in [7, 11) is 0. The van der Waals surface area contributed by atoms with Gasteiger partial charge in [-0.2, -0.15) is 13.2 Å². The lowest BCUT2D eigenvalue weighted by atomic mass is 10.2. The lowest BCUT2D eigenvalue weighted by Crippen LogP contribution is -2.19. The molecular formula is C13H20F4O. The first-order valence-corrected chi connectivity index (χ1v) is 5.84. The van der Waals surface area contributed by atoms with Crippen molar-refractivity contribution in [1.29, 1.82) is 0 Å². The van der Waals surface area contributed by atoms with Gasteiger partial charge in [-0.1, -0.05) is 33.8 Å².